The van der Waals surface area contributed by atoms with Gasteiger partial charge in [-0.25, -0.2) is 0 Å². The minimum atomic E-state index is -0.233. The highest BCUT2D eigenvalue weighted by atomic mass is 16.5. The minimum absolute atomic E-state index is 0.0421. The number of carbonyl (C=O) groups is 2. The molecule has 0 saturated heterocycles. The standard InChI is InChI=1S/C16H20N4O3/c1-11(2)18-15(21)10-23-14-6-4-13(5-7-14)19-16(22)12-8-17-20(3)9-12/h4-9,11H,10H2,1-3H3,(H,18,21)(H,19,22). The van der Waals surface area contributed by atoms with Crippen molar-refractivity contribution >= 4 is 17.5 Å². The van der Waals surface area contributed by atoms with Crippen LogP contribution in [-0.4, -0.2) is 34.2 Å². The lowest BCUT2D eigenvalue weighted by atomic mass is 10.2. The van der Waals surface area contributed by atoms with Gasteiger partial charge in [0.1, 0.15) is 5.75 Å². The van der Waals surface area contributed by atoms with Gasteiger partial charge in [0, 0.05) is 25.0 Å². The maximum absolute atomic E-state index is 12.0. The zero-order valence-electron chi connectivity index (χ0n) is 13.4. The van der Waals surface area contributed by atoms with E-state index < -0.39 is 0 Å². The van der Waals surface area contributed by atoms with Crippen LogP contribution in [0.2, 0.25) is 0 Å². The van der Waals surface area contributed by atoms with Crippen molar-refractivity contribution in [1.29, 1.82) is 0 Å². The average molecular weight is 316 g/mol. The van der Waals surface area contributed by atoms with Gasteiger partial charge in [-0.15, -0.1) is 0 Å². The van der Waals surface area contributed by atoms with Crippen molar-refractivity contribution in [2.24, 2.45) is 7.05 Å². The van der Waals surface area contributed by atoms with E-state index >= 15 is 0 Å². The fraction of sp³-hybridized carbons (Fsp3) is 0.312. The van der Waals surface area contributed by atoms with Gasteiger partial charge in [0.15, 0.2) is 6.61 Å². The van der Waals surface area contributed by atoms with E-state index in [4.69, 9.17) is 4.74 Å². The van der Waals surface area contributed by atoms with Crippen molar-refractivity contribution in [3.8, 4) is 5.75 Å². The predicted octanol–water partition coefficient (Wildman–Crippen LogP) is 1.58. The molecule has 2 rings (SSSR count). The van der Waals surface area contributed by atoms with Crippen molar-refractivity contribution in [1.82, 2.24) is 15.1 Å². The number of carbonyl (C=O) groups excluding carboxylic acids is 2. The molecule has 0 aliphatic rings. The van der Waals surface area contributed by atoms with Gasteiger partial charge >= 0.3 is 0 Å². The lowest BCUT2D eigenvalue weighted by molar-refractivity contribution is -0.123. The molecule has 2 aromatic rings. The topological polar surface area (TPSA) is 85.2 Å². The Morgan fingerprint density at radius 3 is 2.52 bits per heavy atom. The van der Waals surface area contributed by atoms with E-state index in [2.05, 4.69) is 15.7 Å². The van der Waals surface area contributed by atoms with Crippen molar-refractivity contribution in [3.63, 3.8) is 0 Å². The van der Waals surface area contributed by atoms with Gasteiger partial charge in [0.25, 0.3) is 11.8 Å². The summed E-state index contributed by atoms with van der Waals surface area (Å²) in [6, 6.07) is 6.90. The lowest BCUT2D eigenvalue weighted by Crippen LogP contribution is -2.34. The van der Waals surface area contributed by atoms with Crippen molar-refractivity contribution < 1.29 is 14.3 Å². The Morgan fingerprint density at radius 2 is 1.96 bits per heavy atom. The molecule has 7 heteroatoms. The third kappa shape index (κ3) is 5.14. The molecule has 23 heavy (non-hydrogen) atoms. The van der Waals surface area contributed by atoms with Gasteiger partial charge in [0.2, 0.25) is 0 Å². The Morgan fingerprint density at radius 1 is 1.26 bits per heavy atom. The first-order valence-electron chi connectivity index (χ1n) is 7.26. The predicted molar refractivity (Wildman–Crippen MR) is 86.4 cm³/mol. The molecule has 122 valence electrons. The van der Waals surface area contributed by atoms with Gasteiger partial charge in [0.05, 0.1) is 11.8 Å². The number of aromatic nitrogens is 2. The van der Waals surface area contributed by atoms with Crippen LogP contribution in [0.25, 0.3) is 0 Å². The highest BCUT2D eigenvalue weighted by Gasteiger charge is 2.08. The minimum Gasteiger partial charge on any atom is -0.484 e. The Balaban J connectivity index is 1.87. The molecular formula is C16H20N4O3. The summed E-state index contributed by atoms with van der Waals surface area (Å²) in [5, 5.41) is 9.46. The summed E-state index contributed by atoms with van der Waals surface area (Å²) >= 11 is 0. The van der Waals surface area contributed by atoms with E-state index in [9.17, 15) is 9.59 Å². The normalized spacial score (nSPS) is 10.4. The molecule has 7 nitrogen and oxygen atoms in total. The first-order chi connectivity index (χ1) is 10.9. The fourth-order valence-electron chi connectivity index (χ4n) is 1.89. The molecule has 2 amide bonds. The number of amides is 2. The van der Waals surface area contributed by atoms with E-state index in [1.807, 2.05) is 13.8 Å². The molecule has 0 unspecified atom stereocenters. The van der Waals surface area contributed by atoms with Gasteiger partial charge < -0.3 is 15.4 Å². The van der Waals surface area contributed by atoms with E-state index in [-0.39, 0.29) is 24.5 Å². The summed E-state index contributed by atoms with van der Waals surface area (Å²) in [6.45, 7) is 3.73. The third-order valence-electron chi connectivity index (χ3n) is 2.90. The molecular weight excluding hydrogens is 296 g/mol. The molecule has 1 heterocycles. The summed E-state index contributed by atoms with van der Waals surface area (Å²) < 4.78 is 6.94. The number of ether oxygens (including phenoxy) is 1. The van der Waals surface area contributed by atoms with E-state index in [1.54, 1.807) is 42.2 Å². The SMILES string of the molecule is CC(C)NC(=O)COc1ccc(NC(=O)c2cnn(C)c2)cc1. The molecule has 0 atom stereocenters. The molecule has 0 aliphatic heterocycles. The van der Waals surface area contributed by atoms with E-state index in [0.29, 0.717) is 17.0 Å². The number of nitrogens with one attached hydrogen (secondary N) is 2. The van der Waals surface area contributed by atoms with Crippen molar-refractivity contribution in [2.75, 3.05) is 11.9 Å². The molecule has 0 radical (unpaired) electrons. The maximum Gasteiger partial charge on any atom is 0.258 e. The largest absolute Gasteiger partial charge is 0.484 e. The second-order valence-corrected chi connectivity index (χ2v) is 5.39. The second-order valence-electron chi connectivity index (χ2n) is 5.39. The van der Waals surface area contributed by atoms with Crippen molar-refractivity contribution in [2.45, 2.75) is 19.9 Å². The average Bonchev–Trinajstić information content (AvgIpc) is 2.92. The molecule has 0 saturated carbocycles. The molecule has 0 bridgehead atoms. The molecule has 0 spiro atoms. The summed E-state index contributed by atoms with van der Waals surface area (Å²) in [5.74, 6) is 0.153. The van der Waals surface area contributed by atoms with Gasteiger partial charge in [-0.3, -0.25) is 14.3 Å². The van der Waals surface area contributed by atoms with Crippen molar-refractivity contribution in [3.05, 3.63) is 42.2 Å². The smallest absolute Gasteiger partial charge is 0.258 e. The van der Waals surface area contributed by atoms with Gasteiger partial charge in [-0.05, 0) is 38.1 Å². The van der Waals surface area contributed by atoms with Crippen LogP contribution in [0.15, 0.2) is 36.7 Å². The number of anilines is 1. The molecule has 1 aromatic carbocycles. The Labute approximate surface area is 134 Å². The van der Waals surface area contributed by atoms with E-state index in [0.717, 1.165) is 0 Å². The van der Waals surface area contributed by atoms with Gasteiger partial charge in [-0.2, -0.15) is 5.10 Å². The second kappa shape index (κ2) is 7.44. The number of rotatable bonds is 6. The summed E-state index contributed by atoms with van der Waals surface area (Å²) in [4.78, 5) is 23.5. The highest BCUT2D eigenvalue weighted by Crippen LogP contribution is 2.16. The van der Waals surface area contributed by atoms with Gasteiger partial charge in [-0.1, -0.05) is 0 Å². The zero-order chi connectivity index (χ0) is 16.8. The van der Waals surface area contributed by atoms with Crippen LogP contribution in [0.1, 0.15) is 24.2 Å². The third-order valence-corrected chi connectivity index (χ3v) is 2.90. The summed E-state index contributed by atoms with van der Waals surface area (Å²) in [6.07, 6.45) is 3.14. The van der Waals surface area contributed by atoms with Crippen LogP contribution in [0.5, 0.6) is 5.75 Å². The van der Waals surface area contributed by atoms with E-state index in [1.165, 1.54) is 6.20 Å². The van der Waals surface area contributed by atoms with Crippen LogP contribution in [-0.2, 0) is 11.8 Å². The Hall–Kier alpha value is -2.83. The summed E-state index contributed by atoms with van der Waals surface area (Å²) in [7, 11) is 1.75. The quantitative estimate of drug-likeness (QED) is 0.847. The van der Waals surface area contributed by atoms with Crippen LogP contribution in [0, 0.1) is 0 Å². The first-order valence-corrected chi connectivity index (χ1v) is 7.26. The monoisotopic (exact) mass is 316 g/mol. The number of aryl methyl sites for hydroxylation is 1. The van der Waals surface area contributed by atoms with Crippen LogP contribution >= 0.6 is 0 Å². The Kier molecular flexibility index (Phi) is 5.35. The Bertz CT molecular complexity index is 677. The van der Waals surface area contributed by atoms with Crippen LogP contribution in [0.3, 0.4) is 0 Å². The molecule has 1 aromatic heterocycles. The first kappa shape index (κ1) is 16.5. The number of benzene rings is 1. The number of nitrogens with zero attached hydrogens (tertiary/aromatic N) is 2. The highest BCUT2D eigenvalue weighted by molar-refractivity contribution is 6.03. The number of hydrogen-bond donors (Lipinski definition) is 2. The lowest BCUT2D eigenvalue weighted by Gasteiger charge is -2.10. The molecule has 2 N–H and O–H groups in total. The maximum atomic E-state index is 12.0. The van der Waals surface area contributed by atoms with Crippen LogP contribution < -0.4 is 15.4 Å². The zero-order valence-corrected chi connectivity index (χ0v) is 13.4. The summed E-state index contributed by atoms with van der Waals surface area (Å²) in [5.41, 5.74) is 1.12. The number of hydrogen-bond acceptors (Lipinski definition) is 4. The van der Waals surface area contributed by atoms with Crippen LogP contribution in [0.4, 0.5) is 5.69 Å². The molecule has 0 fully saturated rings. The molecule has 0 aliphatic carbocycles. The fourth-order valence-corrected chi connectivity index (χ4v) is 1.89.